The van der Waals surface area contributed by atoms with Crippen LogP contribution in [0.15, 0.2) is 6.07 Å². The third-order valence-corrected chi connectivity index (χ3v) is 2.80. The molecule has 1 saturated heterocycles. The molecule has 1 aromatic rings. The van der Waals surface area contributed by atoms with Crippen LogP contribution in [0.5, 0.6) is 0 Å². The molecule has 1 fully saturated rings. The van der Waals surface area contributed by atoms with Gasteiger partial charge in [0.15, 0.2) is 0 Å². The predicted molar refractivity (Wildman–Crippen MR) is 63.6 cm³/mol. The van der Waals surface area contributed by atoms with Crippen LogP contribution in [0.25, 0.3) is 0 Å². The minimum absolute atomic E-state index is 0.331. The van der Waals surface area contributed by atoms with Gasteiger partial charge in [-0.3, -0.25) is 0 Å². The van der Waals surface area contributed by atoms with Crippen LogP contribution in [0.3, 0.4) is 0 Å². The van der Waals surface area contributed by atoms with Crippen LogP contribution in [-0.2, 0) is 4.74 Å². The van der Waals surface area contributed by atoms with Gasteiger partial charge in [0, 0.05) is 24.0 Å². The van der Waals surface area contributed by atoms with E-state index in [0.717, 1.165) is 36.8 Å². The van der Waals surface area contributed by atoms with Crippen molar-refractivity contribution < 1.29 is 4.74 Å². The molecule has 0 spiro atoms. The molecule has 2 atom stereocenters. The highest BCUT2D eigenvalue weighted by atomic mass is 16.5. The molecule has 2 unspecified atom stereocenters. The maximum absolute atomic E-state index is 5.51. The Morgan fingerprint density at radius 2 is 2.00 bits per heavy atom. The first-order chi connectivity index (χ1) is 7.63. The maximum atomic E-state index is 5.51. The molecule has 0 aliphatic carbocycles. The van der Waals surface area contributed by atoms with Crippen molar-refractivity contribution in [3.8, 4) is 0 Å². The first-order valence-corrected chi connectivity index (χ1v) is 5.84. The normalized spacial score (nSPS) is 25.4. The number of nitrogens with zero attached hydrogens (tertiary/aromatic N) is 2. The molecule has 2 heterocycles. The molecular weight excluding hydrogens is 202 g/mol. The molecule has 88 valence electrons. The van der Waals surface area contributed by atoms with E-state index in [1.807, 2.05) is 19.9 Å². The van der Waals surface area contributed by atoms with Gasteiger partial charge in [-0.25, -0.2) is 9.97 Å². The third kappa shape index (κ3) is 2.92. The summed E-state index contributed by atoms with van der Waals surface area (Å²) in [5, 5.41) is 3.39. The number of rotatable bonds is 2. The van der Waals surface area contributed by atoms with Gasteiger partial charge in [-0.1, -0.05) is 0 Å². The average Bonchev–Trinajstić information content (AvgIpc) is 2.15. The van der Waals surface area contributed by atoms with Crippen molar-refractivity contribution in [3.63, 3.8) is 0 Å². The lowest BCUT2D eigenvalue weighted by Gasteiger charge is -2.28. The van der Waals surface area contributed by atoms with E-state index < -0.39 is 0 Å². The van der Waals surface area contributed by atoms with Crippen molar-refractivity contribution in [3.05, 3.63) is 17.5 Å². The number of anilines is 1. The van der Waals surface area contributed by atoms with Crippen LogP contribution in [0.4, 0.5) is 5.95 Å². The standard InChI is InChI=1S/C12H19N3O/c1-8-6-9(2)14-12(13-8)15-11-4-5-16-10(3)7-11/h6,10-11H,4-5,7H2,1-3H3,(H,13,14,15). The fourth-order valence-electron chi connectivity index (χ4n) is 2.10. The van der Waals surface area contributed by atoms with Gasteiger partial charge in [0.25, 0.3) is 0 Å². The number of aromatic nitrogens is 2. The zero-order chi connectivity index (χ0) is 11.5. The van der Waals surface area contributed by atoms with E-state index in [1.165, 1.54) is 0 Å². The summed E-state index contributed by atoms with van der Waals surface area (Å²) in [6.45, 7) is 6.92. The third-order valence-electron chi connectivity index (χ3n) is 2.80. The summed E-state index contributed by atoms with van der Waals surface area (Å²) in [6.07, 6.45) is 2.38. The highest BCUT2D eigenvalue weighted by Crippen LogP contribution is 2.16. The van der Waals surface area contributed by atoms with Crippen molar-refractivity contribution in [1.82, 2.24) is 9.97 Å². The Balaban J connectivity index is 2.02. The Labute approximate surface area is 96.4 Å². The first-order valence-electron chi connectivity index (χ1n) is 5.84. The fraction of sp³-hybridized carbons (Fsp3) is 0.667. The lowest BCUT2D eigenvalue weighted by Crippen LogP contribution is -2.33. The number of hydrogen-bond acceptors (Lipinski definition) is 4. The van der Waals surface area contributed by atoms with E-state index in [0.29, 0.717) is 12.1 Å². The summed E-state index contributed by atoms with van der Waals surface area (Å²) in [7, 11) is 0. The van der Waals surface area contributed by atoms with Crippen molar-refractivity contribution in [2.24, 2.45) is 0 Å². The van der Waals surface area contributed by atoms with E-state index in [9.17, 15) is 0 Å². The Morgan fingerprint density at radius 1 is 1.31 bits per heavy atom. The van der Waals surface area contributed by atoms with Gasteiger partial charge in [0.1, 0.15) is 0 Å². The molecule has 1 aromatic heterocycles. The van der Waals surface area contributed by atoms with Crippen molar-refractivity contribution in [1.29, 1.82) is 0 Å². The largest absolute Gasteiger partial charge is 0.378 e. The maximum Gasteiger partial charge on any atom is 0.223 e. The van der Waals surface area contributed by atoms with Gasteiger partial charge in [0.05, 0.1) is 6.10 Å². The van der Waals surface area contributed by atoms with E-state index in [1.54, 1.807) is 0 Å². The molecule has 0 bridgehead atoms. The molecule has 1 N–H and O–H groups in total. The summed E-state index contributed by atoms with van der Waals surface area (Å²) in [5.74, 6) is 0.747. The zero-order valence-electron chi connectivity index (χ0n) is 10.2. The van der Waals surface area contributed by atoms with Crippen LogP contribution in [0.1, 0.15) is 31.2 Å². The summed E-state index contributed by atoms with van der Waals surface area (Å²) in [4.78, 5) is 8.78. The number of aryl methyl sites for hydroxylation is 2. The molecule has 1 aliphatic rings. The molecule has 0 saturated carbocycles. The Morgan fingerprint density at radius 3 is 2.62 bits per heavy atom. The van der Waals surface area contributed by atoms with Crippen LogP contribution < -0.4 is 5.32 Å². The van der Waals surface area contributed by atoms with Gasteiger partial charge in [-0.2, -0.15) is 0 Å². The molecule has 2 rings (SSSR count). The minimum atomic E-state index is 0.331. The fourth-order valence-corrected chi connectivity index (χ4v) is 2.10. The molecule has 4 nitrogen and oxygen atoms in total. The summed E-state index contributed by atoms with van der Waals surface area (Å²) in [6, 6.07) is 2.42. The Kier molecular flexibility index (Phi) is 3.39. The second-order valence-corrected chi connectivity index (χ2v) is 4.52. The van der Waals surface area contributed by atoms with Gasteiger partial charge < -0.3 is 10.1 Å². The molecule has 0 aromatic carbocycles. The van der Waals surface area contributed by atoms with E-state index in [4.69, 9.17) is 4.74 Å². The van der Waals surface area contributed by atoms with Crippen LogP contribution in [-0.4, -0.2) is 28.7 Å². The molecule has 0 amide bonds. The number of hydrogen-bond donors (Lipinski definition) is 1. The monoisotopic (exact) mass is 221 g/mol. The van der Waals surface area contributed by atoms with Gasteiger partial charge in [-0.15, -0.1) is 0 Å². The average molecular weight is 221 g/mol. The lowest BCUT2D eigenvalue weighted by molar-refractivity contribution is 0.0231. The molecule has 0 radical (unpaired) electrons. The van der Waals surface area contributed by atoms with Crippen molar-refractivity contribution in [2.45, 2.75) is 45.8 Å². The van der Waals surface area contributed by atoms with Crippen LogP contribution in [0.2, 0.25) is 0 Å². The quantitative estimate of drug-likeness (QED) is 0.830. The summed E-state index contributed by atoms with van der Waals surface area (Å²) >= 11 is 0. The van der Waals surface area contributed by atoms with E-state index >= 15 is 0 Å². The lowest BCUT2D eigenvalue weighted by atomic mass is 10.0. The molecule has 1 aliphatic heterocycles. The highest BCUT2D eigenvalue weighted by molar-refractivity contribution is 5.29. The van der Waals surface area contributed by atoms with Gasteiger partial charge in [0.2, 0.25) is 5.95 Å². The minimum Gasteiger partial charge on any atom is -0.378 e. The van der Waals surface area contributed by atoms with Crippen LogP contribution >= 0.6 is 0 Å². The van der Waals surface area contributed by atoms with Crippen molar-refractivity contribution >= 4 is 5.95 Å². The second kappa shape index (κ2) is 4.78. The second-order valence-electron chi connectivity index (χ2n) is 4.52. The topological polar surface area (TPSA) is 47.0 Å². The molecule has 16 heavy (non-hydrogen) atoms. The number of ether oxygens (including phenoxy) is 1. The Hall–Kier alpha value is -1.16. The predicted octanol–water partition coefficient (Wildman–Crippen LogP) is 2.07. The smallest absolute Gasteiger partial charge is 0.223 e. The molecular formula is C12H19N3O. The van der Waals surface area contributed by atoms with Crippen molar-refractivity contribution in [2.75, 3.05) is 11.9 Å². The van der Waals surface area contributed by atoms with Gasteiger partial charge >= 0.3 is 0 Å². The zero-order valence-corrected chi connectivity index (χ0v) is 10.2. The molecule has 4 heteroatoms. The Bertz CT molecular complexity index is 347. The summed E-state index contributed by atoms with van der Waals surface area (Å²) < 4.78 is 5.51. The first kappa shape index (κ1) is 11.3. The van der Waals surface area contributed by atoms with Gasteiger partial charge in [-0.05, 0) is 39.7 Å². The van der Waals surface area contributed by atoms with E-state index in [2.05, 4.69) is 22.2 Å². The van der Waals surface area contributed by atoms with E-state index in [-0.39, 0.29) is 0 Å². The SMILES string of the molecule is Cc1cc(C)nc(NC2CCOC(C)C2)n1. The number of nitrogens with one attached hydrogen (secondary N) is 1. The van der Waals surface area contributed by atoms with Crippen LogP contribution in [0, 0.1) is 13.8 Å². The highest BCUT2D eigenvalue weighted by Gasteiger charge is 2.19. The summed E-state index contributed by atoms with van der Waals surface area (Å²) in [5.41, 5.74) is 2.02.